The average molecular weight is 288 g/mol. The van der Waals surface area contributed by atoms with E-state index in [9.17, 15) is 8.78 Å². The maximum absolute atomic E-state index is 12.2. The molecule has 0 N–H and O–H groups in total. The smallest absolute Gasteiger partial charge is 0.244 e. The maximum atomic E-state index is 12.2. The summed E-state index contributed by atoms with van der Waals surface area (Å²) < 4.78 is 28.4. The number of halogens is 2. The van der Waals surface area contributed by atoms with E-state index in [4.69, 9.17) is 5.26 Å². The van der Waals surface area contributed by atoms with Crippen molar-refractivity contribution in [2.24, 2.45) is 4.99 Å². The molecule has 0 saturated heterocycles. The van der Waals surface area contributed by atoms with Gasteiger partial charge >= 0.3 is 6.61 Å². The molecule has 5 nitrogen and oxygen atoms in total. The highest BCUT2D eigenvalue weighted by Gasteiger charge is 2.27. The summed E-state index contributed by atoms with van der Waals surface area (Å²) in [6, 6.07) is 2.69. The van der Waals surface area contributed by atoms with E-state index >= 15 is 0 Å². The number of hydrogen-bond donors (Lipinski definition) is 0. The third kappa shape index (κ3) is 3.04. The summed E-state index contributed by atoms with van der Waals surface area (Å²) in [6.07, 6.45) is 2.48. The number of hydroxylamine groups is 2. The fourth-order valence-electron chi connectivity index (χ4n) is 1.19. The predicted octanol–water partition coefficient (Wildman–Crippen LogP) is 2.47. The number of rotatable bonds is 4. The van der Waals surface area contributed by atoms with Gasteiger partial charge in [-0.1, -0.05) is 11.8 Å². The van der Waals surface area contributed by atoms with E-state index in [1.807, 2.05) is 6.07 Å². The predicted molar refractivity (Wildman–Crippen MR) is 62.9 cm³/mol. The van der Waals surface area contributed by atoms with Crippen LogP contribution in [0.15, 0.2) is 32.6 Å². The van der Waals surface area contributed by atoms with Gasteiger partial charge in [-0.15, -0.1) is 0 Å². The zero-order valence-electron chi connectivity index (χ0n) is 8.73. The zero-order valence-corrected chi connectivity index (χ0v) is 10.4. The lowest BCUT2D eigenvalue weighted by Gasteiger charge is -2.26. The van der Waals surface area contributed by atoms with Crippen LogP contribution in [0, 0.1) is 11.3 Å². The number of aliphatic imine (C=N–C) groups is 1. The number of nitrogens with zero attached hydrogens (tertiary/aromatic N) is 4. The van der Waals surface area contributed by atoms with Crippen molar-refractivity contribution >= 4 is 29.6 Å². The average Bonchev–Trinajstić information content (AvgIpc) is 2.81. The largest absolute Gasteiger partial charge is 0.365 e. The van der Waals surface area contributed by atoms with Gasteiger partial charge in [0.25, 0.3) is 0 Å². The maximum Gasteiger partial charge on any atom is 0.365 e. The number of nitriles is 1. The van der Waals surface area contributed by atoms with Crippen LogP contribution >= 0.6 is 23.3 Å². The van der Waals surface area contributed by atoms with E-state index in [1.54, 1.807) is 11.4 Å². The van der Waals surface area contributed by atoms with E-state index in [2.05, 4.69) is 14.2 Å². The lowest BCUT2D eigenvalue weighted by Crippen LogP contribution is -2.37. The molecule has 0 aliphatic carbocycles. The second-order valence-electron chi connectivity index (χ2n) is 2.99. The third-order valence-electron chi connectivity index (χ3n) is 1.87. The molecule has 0 amide bonds. The van der Waals surface area contributed by atoms with Crippen molar-refractivity contribution in [2.45, 2.75) is 17.7 Å². The highest BCUT2D eigenvalue weighted by molar-refractivity contribution is 8.03. The summed E-state index contributed by atoms with van der Waals surface area (Å²) in [5.74, 6) is 0. The van der Waals surface area contributed by atoms with Gasteiger partial charge in [-0.05, 0) is 17.6 Å². The normalized spacial score (nSPS) is 18.9. The highest BCUT2D eigenvalue weighted by Crippen LogP contribution is 2.32. The van der Waals surface area contributed by atoms with Crippen LogP contribution in [-0.4, -0.2) is 28.4 Å². The summed E-state index contributed by atoms with van der Waals surface area (Å²) in [5, 5.41) is 12.2. The molecule has 1 atom stereocenters. The van der Waals surface area contributed by atoms with Crippen LogP contribution in [0.1, 0.15) is 0 Å². The van der Waals surface area contributed by atoms with Crippen LogP contribution in [0.25, 0.3) is 0 Å². The summed E-state index contributed by atoms with van der Waals surface area (Å²) in [4.78, 5) is 8.43. The Balaban J connectivity index is 2.12. The summed E-state index contributed by atoms with van der Waals surface area (Å²) in [7, 11) is 0. The molecule has 1 aliphatic rings. The molecule has 1 unspecified atom stereocenters. The molecule has 0 fully saturated rings. The number of hydrogen-bond acceptors (Lipinski definition) is 7. The van der Waals surface area contributed by atoms with Gasteiger partial charge in [0.2, 0.25) is 0 Å². The second-order valence-corrected chi connectivity index (χ2v) is 4.75. The van der Waals surface area contributed by atoms with Crippen LogP contribution in [0.2, 0.25) is 0 Å². The van der Waals surface area contributed by atoms with Gasteiger partial charge in [-0.3, -0.25) is 0 Å². The van der Waals surface area contributed by atoms with Gasteiger partial charge in [0.15, 0.2) is 6.04 Å². The first-order valence-corrected chi connectivity index (χ1v) is 6.30. The van der Waals surface area contributed by atoms with Gasteiger partial charge in [-0.2, -0.15) is 18.4 Å². The Labute approximate surface area is 109 Å². The quantitative estimate of drug-likeness (QED) is 0.851. The molecule has 2 rings (SSSR count). The number of thioether (sulfide) groups is 1. The molecule has 18 heavy (non-hydrogen) atoms. The minimum absolute atomic E-state index is 0.478. The van der Waals surface area contributed by atoms with E-state index in [0.717, 1.165) is 11.4 Å². The van der Waals surface area contributed by atoms with Crippen molar-refractivity contribution in [3.05, 3.63) is 22.6 Å². The summed E-state index contributed by atoms with van der Waals surface area (Å²) in [5.41, 5.74) is 0. The summed E-state index contributed by atoms with van der Waals surface area (Å²) >= 11 is 2.46. The Kier molecular flexibility index (Phi) is 4.24. The molecule has 0 aromatic carbocycles. The minimum atomic E-state index is -3.00. The first-order chi connectivity index (χ1) is 8.70. The minimum Gasteiger partial charge on any atom is -0.244 e. The van der Waals surface area contributed by atoms with Gasteiger partial charge in [0.1, 0.15) is 11.4 Å². The Hall–Kier alpha value is -1.50. The van der Waals surface area contributed by atoms with Gasteiger partial charge in [0, 0.05) is 16.5 Å². The van der Waals surface area contributed by atoms with Crippen molar-refractivity contribution < 1.29 is 13.6 Å². The third-order valence-corrected chi connectivity index (χ3v) is 3.54. The molecule has 0 saturated carbocycles. The fourth-order valence-corrected chi connectivity index (χ4v) is 2.73. The molecule has 0 bridgehead atoms. The first kappa shape index (κ1) is 12.9. The van der Waals surface area contributed by atoms with Crippen LogP contribution in [0.3, 0.4) is 0 Å². The number of aromatic nitrogens is 1. The van der Waals surface area contributed by atoms with E-state index in [0.29, 0.717) is 9.93 Å². The molecule has 94 valence electrons. The summed E-state index contributed by atoms with van der Waals surface area (Å²) in [6.45, 7) is -3.00. The Morgan fingerprint density at radius 1 is 1.61 bits per heavy atom. The molecular weight excluding hydrogens is 282 g/mol. The molecule has 2 heterocycles. The van der Waals surface area contributed by atoms with Crippen molar-refractivity contribution in [3.63, 3.8) is 0 Å². The van der Waals surface area contributed by atoms with Crippen LogP contribution in [0.5, 0.6) is 0 Å². The van der Waals surface area contributed by atoms with E-state index in [-0.39, 0.29) is 0 Å². The first-order valence-electron chi connectivity index (χ1n) is 4.65. The molecule has 1 aromatic rings. The lowest BCUT2D eigenvalue weighted by atomic mass is 10.3. The van der Waals surface area contributed by atoms with E-state index < -0.39 is 12.7 Å². The molecule has 0 spiro atoms. The van der Waals surface area contributed by atoms with Gasteiger partial charge < -0.3 is 0 Å². The van der Waals surface area contributed by atoms with Crippen LogP contribution in [-0.2, 0) is 4.84 Å². The lowest BCUT2D eigenvalue weighted by molar-refractivity contribution is -0.251. The van der Waals surface area contributed by atoms with Crippen molar-refractivity contribution in [2.75, 3.05) is 0 Å². The van der Waals surface area contributed by atoms with Crippen LogP contribution in [0.4, 0.5) is 8.78 Å². The zero-order chi connectivity index (χ0) is 13.0. The Bertz CT molecular complexity index is 497. The SMILES string of the molecule is N#CC1C(Sc2ccsn2)=CN=CN1OC(F)F. The Morgan fingerprint density at radius 2 is 2.44 bits per heavy atom. The van der Waals surface area contributed by atoms with Crippen molar-refractivity contribution in [1.82, 2.24) is 9.44 Å². The molecule has 9 heteroatoms. The monoisotopic (exact) mass is 288 g/mol. The highest BCUT2D eigenvalue weighted by atomic mass is 32.2. The second kappa shape index (κ2) is 5.90. The van der Waals surface area contributed by atoms with Crippen molar-refractivity contribution in [1.29, 1.82) is 5.26 Å². The molecule has 1 aromatic heterocycles. The number of alkyl halides is 2. The molecular formula is C9H6F2N4OS2. The van der Waals surface area contributed by atoms with Gasteiger partial charge in [0.05, 0.1) is 6.07 Å². The molecule has 1 aliphatic heterocycles. The van der Waals surface area contributed by atoms with E-state index in [1.165, 1.54) is 29.5 Å². The van der Waals surface area contributed by atoms with Crippen LogP contribution < -0.4 is 0 Å². The standard InChI is InChI=1S/C9H6F2N4OS2/c10-9(11)16-15-5-13-4-7(6(15)3-12)18-8-1-2-17-14-8/h1-2,4-6,9H. The van der Waals surface area contributed by atoms with Gasteiger partial charge in [-0.25, -0.2) is 14.9 Å². The molecule has 0 radical (unpaired) electrons. The topological polar surface area (TPSA) is 61.5 Å². The Morgan fingerprint density at radius 3 is 3.06 bits per heavy atom. The fraction of sp³-hybridized carbons (Fsp3) is 0.222. The van der Waals surface area contributed by atoms with Crippen molar-refractivity contribution in [3.8, 4) is 6.07 Å².